The first kappa shape index (κ1) is 20.4. The SMILES string of the molecule is COc1ccc([C@H]2CCCN2S(=O)(=O)c2ccc(CC(=O)N(C)C)cc2)cc1. The summed E-state index contributed by atoms with van der Waals surface area (Å²) < 4.78 is 33.2. The summed E-state index contributed by atoms with van der Waals surface area (Å²) in [5.41, 5.74) is 1.76. The molecule has 1 heterocycles. The van der Waals surface area contributed by atoms with E-state index in [2.05, 4.69) is 0 Å². The number of nitrogens with zero attached hydrogens (tertiary/aromatic N) is 2. The largest absolute Gasteiger partial charge is 0.497 e. The Morgan fingerprint density at radius 1 is 1.11 bits per heavy atom. The van der Waals surface area contributed by atoms with Gasteiger partial charge < -0.3 is 9.64 Å². The van der Waals surface area contributed by atoms with Crippen molar-refractivity contribution < 1.29 is 17.9 Å². The molecule has 0 spiro atoms. The number of amides is 1. The molecule has 0 aromatic heterocycles. The third-order valence-corrected chi connectivity index (χ3v) is 7.01. The Morgan fingerprint density at radius 2 is 1.75 bits per heavy atom. The molecule has 1 atom stereocenters. The monoisotopic (exact) mass is 402 g/mol. The number of methoxy groups -OCH3 is 1. The van der Waals surface area contributed by atoms with Crippen LogP contribution in [0.1, 0.15) is 30.0 Å². The van der Waals surface area contributed by atoms with Crippen LogP contribution in [0, 0.1) is 0 Å². The van der Waals surface area contributed by atoms with Crippen molar-refractivity contribution >= 4 is 15.9 Å². The maximum atomic E-state index is 13.2. The van der Waals surface area contributed by atoms with Crippen molar-refractivity contribution in [3.63, 3.8) is 0 Å². The van der Waals surface area contributed by atoms with Crippen molar-refractivity contribution in [2.45, 2.75) is 30.2 Å². The van der Waals surface area contributed by atoms with Crippen LogP contribution in [0.3, 0.4) is 0 Å². The topological polar surface area (TPSA) is 66.9 Å². The van der Waals surface area contributed by atoms with Crippen LogP contribution in [0.5, 0.6) is 5.75 Å². The normalized spacial score (nSPS) is 17.5. The Labute approximate surface area is 166 Å². The first-order valence-corrected chi connectivity index (χ1v) is 10.7. The average Bonchev–Trinajstić information content (AvgIpc) is 3.19. The number of carbonyl (C=O) groups excluding carboxylic acids is 1. The van der Waals surface area contributed by atoms with Gasteiger partial charge >= 0.3 is 0 Å². The van der Waals surface area contributed by atoms with Crippen LogP contribution in [-0.2, 0) is 21.2 Å². The van der Waals surface area contributed by atoms with E-state index in [4.69, 9.17) is 4.74 Å². The van der Waals surface area contributed by atoms with Crippen LogP contribution in [0.25, 0.3) is 0 Å². The lowest BCUT2D eigenvalue weighted by molar-refractivity contribution is -0.127. The average molecular weight is 403 g/mol. The van der Waals surface area contributed by atoms with E-state index >= 15 is 0 Å². The number of benzene rings is 2. The molecule has 28 heavy (non-hydrogen) atoms. The molecule has 2 aromatic rings. The van der Waals surface area contributed by atoms with Gasteiger partial charge in [-0.1, -0.05) is 24.3 Å². The Hall–Kier alpha value is -2.38. The molecule has 1 aliphatic heterocycles. The van der Waals surface area contributed by atoms with Crippen LogP contribution in [-0.4, -0.2) is 51.3 Å². The number of hydrogen-bond donors (Lipinski definition) is 0. The molecule has 7 heteroatoms. The molecule has 1 aliphatic rings. The van der Waals surface area contributed by atoms with Gasteiger partial charge in [0.15, 0.2) is 0 Å². The van der Waals surface area contributed by atoms with E-state index in [9.17, 15) is 13.2 Å². The minimum Gasteiger partial charge on any atom is -0.497 e. The highest BCUT2D eigenvalue weighted by Gasteiger charge is 2.36. The third kappa shape index (κ3) is 4.20. The van der Waals surface area contributed by atoms with E-state index in [-0.39, 0.29) is 23.3 Å². The summed E-state index contributed by atoms with van der Waals surface area (Å²) in [5.74, 6) is 0.730. The van der Waals surface area contributed by atoms with Gasteiger partial charge in [0, 0.05) is 20.6 Å². The Balaban J connectivity index is 1.81. The van der Waals surface area contributed by atoms with Crippen LogP contribution >= 0.6 is 0 Å². The zero-order valence-electron chi connectivity index (χ0n) is 16.5. The summed E-state index contributed by atoms with van der Waals surface area (Å²) in [6.07, 6.45) is 1.87. The predicted octanol–water partition coefficient (Wildman–Crippen LogP) is 2.85. The molecular formula is C21H26N2O4S. The molecule has 150 valence electrons. The van der Waals surface area contributed by atoms with Gasteiger partial charge in [-0.25, -0.2) is 8.42 Å². The second-order valence-corrected chi connectivity index (χ2v) is 9.05. The lowest BCUT2D eigenvalue weighted by Gasteiger charge is -2.24. The van der Waals surface area contributed by atoms with Gasteiger partial charge in [-0.2, -0.15) is 4.31 Å². The lowest BCUT2D eigenvalue weighted by atomic mass is 10.1. The minimum absolute atomic E-state index is 0.0188. The van der Waals surface area contributed by atoms with Crippen molar-refractivity contribution in [2.24, 2.45) is 0 Å². The number of sulfonamides is 1. The van der Waals surface area contributed by atoms with E-state index in [1.165, 1.54) is 4.90 Å². The number of carbonyl (C=O) groups is 1. The lowest BCUT2D eigenvalue weighted by Crippen LogP contribution is -2.30. The molecule has 3 rings (SSSR count). The molecule has 0 saturated carbocycles. The fourth-order valence-electron chi connectivity index (χ4n) is 3.43. The first-order chi connectivity index (χ1) is 13.3. The van der Waals surface area contributed by atoms with Crippen molar-refractivity contribution in [3.05, 3.63) is 59.7 Å². The van der Waals surface area contributed by atoms with Gasteiger partial charge in [-0.05, 0) is 48.2 Å². The minimum atomic E-state index is -3.61. The number of hydrogen-bond acceptors (Lipinski definition) is 4. The predicted molar refractivity (Wildman–Crippen MR) is 108 cm³/mol. The number of ether oxygens (including phenoxy) is 1. The Bertz CT molecular complexity index is 922. The summed E-state index contributed by atoms with van der Waals surface area (Å²) in [6.45, 7) is 0.500. The van der Waals surface area contributed by atoms with Gasteiger partial charge in [0.1, 0.15) is 5.75 Å². The molecule has 6 nitrogen and oxygen atoms in total. The first-order valence-electron chi connectivity index (χ1n) is 9.28. The third-order valence-electron chi connectivity index (χ3n) is 5.09. The highest BCUT2D eigenvalue weighted by atomic mass is 32.2. The molecule has 0 bridgehead atoms. The molecular weight excluding hydrogens is 376 g/mol. The van der Waals surface area contributed by atoms with Crippen molar-refractivity contribution in [2.75, 3.05) is 27.7 Å². The highest BCUT2D eigenvalue weighted by molar-refractivity contribution is 7.89. The zero-order valence-corrected chi connectivity index (χ0v) is 17.3. The molecule has 0 aliphatic carbocycles. The van der Waals surface area contributed by atoms with Crippen LogP contribution < -0.4 is 4.74 Å². The summed E-state index contributed by atoms with van der Waals surface area (Å²) in [4.78, 5) is 13.6. The molecule has 0 unspecified atom stereocenters. The van der Waals surface area contributed by atoms with E-state index in [0.717, 1.165) is 29.7 Å². The highest BCUT2D eigenvalue weighted by Crippen LogP contribution is 2.37. The molecule has 0 N–H and O–H groups in total. The maximum Gasteiger partial charge on any atom is 0.243 e. The summed E-state index contributed by atoms with van der Waals surface area (Å²) >= 11 is 0. The standard InChI is InChI=1S/C21H26N2O4S/c1-22(2)21(24)15-16-6-12-19(13-7-16)28(25,26)23-14-4-5-20(23)17-8-10-18(27-3)11-9-17/h6-13,20H,4-5,14-15H2,1-3H3/t20-/m1/s1. The molecule has 1 amide bonds. The second-order valence-electron chi connectivity index (χ2n) is 7.16. The fourth-order valence-corrected chi connectivity index (χ4v) is 5.12. The summed E-state index contributed by atoms with van der Waals surface area (Å²) in [5, 5.41) is 0. The van der Waals surface area contributed by atoms with Gasteiger partial charge in [0.25, 0.3) is 0 Å². The maximum absolute atomic E-state index is 13.2. The van der Waals surface area contributed by atoms with Crippen molar-refractivity contribution in [1.29, 1.82) is 0 Å². The number of likely N-dealkylation sites (N-methyl/N-ethyl adjacent to an activating group) is 1. The van der Waals surface area contributed by atoms with E-state index in [1.54, 1.807) is 49.8 Å². The van der Waals surface area contributed by atoms with Gasteiger partial charge in [-0.15, -0.1) is 0 Å². The molecule has 1 saturated heterocycles. The number of rotatable bonds is 6. The fraction of sp³-hybridized carbons (Fsp3) is 0.381. The van der Waals surface area contributed by atoms with E-state index in [1.807, 2.05) is 24.3 Å². The van der Waals surface area contributed by atoms with Crippen molar-refractivity contribution in [3.8, 4) is 5.75 Å². The summed E-state index contributed by atoms with van der Waals surface area (Å²) in [6, 6.07) is 14.0. The summed E-state index contributed by atoms with van der Waals surface area (Å²) in [7, 11) is 1.41. The Morgan fingerprint density at radius 3 is 2.32 bits per heavy atom. The van der Waals surface area contributed by atoms with Crippen LogP contribution in [0.4, 0.5) is 0 Å². The smallest absolute Gasteiger partial charge is 0.243 e. The van der Waals surface area contributed by atoms with Crippen molar-refractivity contribution in [1.82, 2.24) is 9.21 Å². The molecule has 2 aromatic carbocycles. The van der Waals surface area contributed by atoms with Gasteiger partial charge in [0.05, 0.1) is 24.5 Å². The second kappa shape index (κ2) is 8.32. The van der Waals surface area contributed by atoms with Crippen LogP contribution in [0.2, 0.25) is 0 Å². The molecule has 1 fully saturated rings. The van der Waals surface area contributed by atoms with E-state index < -0.39 is 10.0 Å². The zero-order chi connectivity index (χ0) is 20.3. The van der Waals surface area contributed by atoms with E-state index in [0.29, 0.717) is 6.54 Å². The van der Waals surface area contributed by atoms with Gasteiger partial charge in [0.2, 0.25) is 15.9 Å². The Kier molecular flexibility index (Phi) is 6.05. The van der Waals surface area contributed by atoms with Crippen LogP contribution in [0.15, 0.2) is 53.4 Å². The van der Waals surface area contributed by atoms with Gasteiger partial charge in [-0.3, -0.25) is 4.79 Å². The molecule has 0 radical (unpaired) electrons. The quantitative estimate of drug-likeness (QED) is 0.745.